The van der Waals surface area contributed by atoms with Gasteiger partial charge in [0.05, 0.1) is 22.2 Å². The molecule has 94 valence electrons. The molecule has 0 atom stereocenters. The highest BCUT2D eigenvalue weighted by atomic mass is 35.5. The maximum absolute atomic E-state index is 11.8. The van der Waals surface area contributed by atoms with Gasteiger partial charge < -0.3 is 4.74 Å². The number of esters is 1. The monoisotopic (exact) mass is 294 g/mol. The van der Waals surface area contributed by atoms with Gasteiger partial charge in [0.1, 0.15) is 0 Å². The first-order valence-corrected chi connectivity index (χ1v) is 6.16. The molecule has 0 saturated heterocycles. The highest BCUT2D eigenvalue weighted by Crippen LogP contribution is 2.30. The molecule has 0 radical (unpaired) electrons. The number of hydrogen-bond acceptors (Lipinski definition) is 2. The van der Waals surface area contributed by atoms with Gasteiger partial charge in [0.25, 0.3) is 0 Å². The van der Waals surface area contributed by atoms with Crippen molar-refractivity contribution in [3.05, 3.63) is 32.8 Å². The Labute approximate surface area is 116 Å². The Morgan fingerprint density at radius 2 is 1.82 bits per heavy atom. The van der Waals surface area contributed by atoms with Gasteiger partial charge in [0.15, 0.2) is 0 Å². The lowest BCUT2D eigenvalue weighted by Gasteiger charge is -2.18. The largest absolute Gasteiger partial charge is 0.461 e. The van der Waals surface area contributed by atoms with Gasteiger partial charge in [-0.05, 0) is 17.5 Å². The van der Waals surface area contributed by atoms with Crippen molar-refractivity contribution in [2.75, 3.05) is 6.61 Å². The van der Waals surface area contributed by atoms with Gasteiger partial charge in [-0.15, -0.1) is 0 Å². The molecule has 0 saturated carbocycles. The third-order valence-electron chi connectivity index (χ3n) is 1.85. The number of hydrogen-bond donors (Lipinski definition) is 0. The minimum atomic E-state index is -0.519. The maximum atomic E-state index is 11.8. The zero-order chi connectivity index (χ0) is 13.2. The molecule has 17 heavy (non-hydrogen) atoms. The van der Waals surface area contributed by atoms with E-state index in [1.54, 1.807) is 0 Å². The van der Waals surface area contributed by atoms with Crippen LogP contribution in [-0.2, 0) is 4.74 Å². The fourth-order valence-corrected chi connectivity index (χ4v) is 1.74. The van der Waals surface area contributed by atoms with Gasteiger partial charge in [0, 0.05) is 5.02 Å². The SMILES string of the molecule is CC(C)(C)COC(=O)c1cc(Cl)cc(Cl)c1Cl. The third-order valence-corrected chi connectivity index (χ3v) is 2.87. The van der Waals surface area contributed by atoms with Crippen LogP contribution in [0.1, 0.15) is 31.1 Å². The van der Waals surface area contributed by atoms with Crippen molar-refractivity contribution in [3.8, 4) is 0 Å². The van der Waals surface area contributed by atoms with Gasteiger partial charge in [-0.25, -0.2) is 4.79 Å². The van der Waals surface area contributed by atoms with Gasteiger partial charge in [-0.2, -0.15) is 0 Å². The second kappa shape index (κ2) is 5.47. The lowest BCUT2D eigenvalue weighted by Crippen LogP contribution is -2.18. The first-order chi connectivity index (χ1) is 7.70. The van der Waals surface area contributed by atoms with E-state index in [0.29, 0.717) is 11.6 Å². The highest BCUT2D eigenvalue weighted by molar-refractivity contribution is 6.45. The fourth-order valence-electron chi connectivity index (χ4n) is 1.06. The summed E-state index contributed by atoms with van der Waals surface area (Å²) in [5.41, 5.74) is 0.0817. The van der Waals surface area contributed by atoms with Crippen LogP contribution in [-0.4, -0.2) is 12.6 Å². The Morgan fingerprint density at radius 1 is 1.24 bits per heavy atom. The van der Waals surface area contributed by atoms with Crippen molar-refractivity contribution < 1.29 is 9.53 Å². The summed E-state index contributed by atoms with van der Waals surface area (Å²) in [7, 11) is 0. The summed E-state index contributed by atoms with van der Waals surface area (Å²) in [5.74, 6) is -0.519. The average Bonchev–Trinajstić information content (AvgIpc) is 2.19. The smallest absolute Gasteiger partial charge is 0.339 e. The van der Waals surface area contributed by atoms with Crippen LogP contribution in [0.15, 0.2) is 12.1 Å². The van der Waals surface area contributed by atoms with Crippen LogP contribution in [0.3, 0.4) is 0 Å². The molecular weight excluding hydrogens is 282 g/mol. The molecule has 5 heteroatoms. The summed E-state index contributed by atoms with van der Waals surface area (Å²) < 4.78 is 5.14. The van der Waals surface area contributed by atoms with Crippen molar-refractivity contribution in [3.63, 3.8) is 0 Å². The van der Waals surface area contributed by atoms with Crippen LogP contribution in [0.4, 0.5) is 0 Å². The van der Waals surface area contributed by atoms with E-state index in [0.717, 1.165) is 0 Å². The molecule has 0 aliphatic heterocycles. The number of carbonyl (C=O) groups excluding carboxylic acids is 1. The van der Waals surface area contributed by atoms with E-state index in [9.17, 15) is 4.79 Å². The van der Waals surface area contributed by atoms with Gasteiger partial charge in [0.2, 0.25) is 0 Å². The second-order valence-corrected chi connectivity index (χ2v) is 6.11. The van der Waals surface area contributed by atoms with E-state index < -0.39 is 5.97 Å². The second-order valence-electron chi connectivity index (χ2n) is 4.89. The number of ether oxygens (including phenoxy) is 1. The van der Waals surface area contributed by atoms with Gasteiger partial charge >= 0.3 is 5.97 Å². The zero-order valence-electron chi connectivity index (χ0n) is 9.81. The molecule has 2 nitrogen and oxygen atoms in total. The van der Waals surface area contributed by atoms with Crippen molar-refractivity contribution in [1.82, 2.24) is 0 Å². The molecule has 0 fully saturated rings. The maximum Gasteiger partial charge on any atom is 0.339 e. The molecule has 1 aromatic carbocycles. The summed E-state index contributed by atoms with van der Waals surface area (Å²) in [6.45, 7) is 6.19. The number of benzene rings is 1. The van der Waals surface area contributed by atoms with E-state index in [2.05, 4.69) is 0 Å². The number of carbonyl (C=O) groups is 1. The van der Waals surface area contributed by atoms with Crippen molar-refractivity contribution >= 4 is 40.8 Å². The van der Waals surface area contributed by atoms with E-state index in [4.69, 9.17) is 39.5 Å². The average molecular weight is 296 g/mol. The Morgan fingerprint density at radius 3 is 2.35 bits per heavy atom. The fraction of sp³-hybridized carbons (Fsp3) is 0.417. The van der Waals surface area contributed by atoms with Crippen molar-refractivity contribution in [1.29, 1.82) is 0 Å². The first-order valence-electron chi connectivity index (χ1n) is 5.02. The van der Waals surface area contributed by atoms with Gasteiger partial charge in [-0.3, -0.25) is 0 Å². The minimum absolute atomic E-state index is 0.107. The molecule has 0 aromatic heterocycles. The van der Waals surface area contributed by atoms with Crippen LogP contribution in [0, 0.1) is 5.41 Å². The van der Waals surface area contributed by atoms with Gasteiger partial charge in [-0.1, -0.05) is 55.6 Å². The molecule has 0 aliphatic rings. The third kappa shape index (κ3) is 4.38. The molecule has 0 heterocycles. The topological polar surface area (TPSA) is 26.3 Å². The zero-order valence-corrected chi connectivity index (χ0v) is 12.1. The predicted molar refractivity (Wildman–Crippen MR) is 71.2 cm³/mol. The van der Waals surface area contributed by atoms with Crippen LogP contribution >= 0.6 is 34.8 Å². The Balaban J connectivity index is 2.90. The normalized spacial score (nSPS) is 11.4. The Hall–Kier alpha value is -0.440. The molecule has 0 spiro atoms. The van der Waals surface area contributed by atoms with Crippen LogP contribution in [0.2, 0.25) is 15.1 Å². The first kappa shape index (κ1) is 14.6. The van der Waals surface area contributed by atoms with Crippen molar-refractivity contribution in [2.24, 2.45) is 5.41 Å². The lowest BCUT2D eigenvalue weighted by molar-refractivity contribution is 0.0367. The molecule has 1 aromatic rings. The van der Waals surface area contributed by atoms with Crippen LogP contribution in [0.25, 0.3) is 0 Å². The van der Waals surface area contributed by atoms with E-state index in [-0.39, 0.29) is 21.0 Å². The minimum Gasteiger partial charge on any atom is -0.461 e. The van der Waals surface area contributed by atoms with E-state index >= 15 is 0 Å². The summed E-state index contributed by atoms with van der Waals surface area (Å²) in [5, 5.41) is 0.749. The lowest BCUT2D eigenvalue weighted by atomic mass is 9.99. The Bertz CT molecular complexity index is 436. The number of rotatable bonds is 2. The molecule has 0 bridgehead atoms. The molecule has 0 N–H and O–H groups in total. The van der Waals surface area contributed by atoms with Crippen LogP contribution < -0.4 is 0 Å². The summed E-state index contributed by atoms with van der Waals surface area (Å²) >= 11 is 17.6. The summed E-state index contributed by atoms with van der Waals surface area (Å²) in [4.78, 5) is 11.8. The van der Waals surface area contributed by atoms with Crippen molar-refractivity contribution in [2.45, 2.75) is 20.8 Å². The summed E-state index contributed by atoms with van der Waals surface area (Å²) in [6.07, 6.45) is 0. The summed E-state index contributed by atoms with van der Waals surface area (Å²) in [6, 6.07) is 2.92. The Kier molecular flexibility index (Phi) is 4.70. The molecule has 0 unspecified atom stereocenters. The highest BCUT2D eigenvalue weighted by Gasteiger charge is 2.19. The molecule has 0 amide bonds. The van der Waals surface area contributed by atoms with Crippen LogP contribution in [0.5, 0.6) is 0 Å². The predicted octanol–water partition coefficient (Wildman–Crippen LogP) is 4.85. The number of halogens is 3. The molecule has 1 rings (SSSR count). The molecule has 0 aliphatic carbocycles. The standard InChI is InChI=1S/C12H13Cl3O2/c1-12(2,3)6-17-11(16)8-4-7(13)5-9(14)10(8)15/h4-5H,6H2,1-3H3. The van der Waals surface area contributed by atoms with E-state index in [1.165, 1.54) is 12.1 Å². The van der Waals surface area contributed by atoms with E-state index in [1.807, 2.05) is 20.8 Å². The quantitative estimate of drug-likeness (QED) is 0.576. The molecular formula is C12H13Cl3O2.